The van der Waals surface area contributed by atoms with Crippen molar-refractivity contribution in [3.8, 4) is 11.5 Å². The lowest BCUT2D eigenvalue weighted by atomic mass is 10.1. The minimum absolute atomic E-state index is 0.0274. The first-order valence-corrected chi connectivity index (χ1v) is 8.02. The second-order valence-corrected chi connectivity index (χ2v) is 6.38. The molecule has 0 atom stereocenters. The predicted molar refractivity (Wildman–Crippen MR) is 83.4 cm³/mol. The smallest absolute Gasteiger partial charge is 0.182 e. The van der Waals surface area contributed by atoms with Gasteiger partial charge in [-0.1, -0.05) is 0 Å². The van der Waals surface area contributed by atoms with E-state index in [2.05, 4.69) is 4.99 Å². The van der Waals surface area contributed by atoms with Crippen LogP contribution in [0.25, 0.3) is 0 Å². The molecule has 3 N–H and O–H groups in total. The Morgan fingerprint density at radius 2 is 1.86 bits per heavy atom. The second kappa shape index (κ2) is 5.34. The summed E-state index contributed by atoms with van der Waals surface area (Å²) in [5.41, 5.74) is 0.973. The number of phenolic OH excluding ortho intramolecular Hbond substituents is 2. The van der Waals surface area contributed by atoms with E-state index in [1.807, 2.05) is 0 Å². The van der Waals surface area contributed by atoms with Crippen molar-refractivity contribution in [1.29, 1.82) is 0 Å². The zero-order chi connectivity index (χ0) is 15.0. The lowest BCUT2D eigenvalue weighted by molar-refractivity contribution is -0.110. The summed E-state index contributed by atoms with van der Waals surface area (Å²) in [6.07, 6.45) is 4.02. The van der Waals surface area contributed by atoms with Crippen LogP contribution in [0.2, 0.25) is 0 Å². The number of aliphatic imine (C=N–C) groups is 1. The average Bonchev–Trinajstić information content (AvgIpc) is 2.87. The van der Waals surface area contributed by atoms with Gasteiger partial charge in [-0.25, -0.2) is 4.99 Å². The van der Waals surface area contributed by atoms with Crippen molar-refractivity contribution in [3.63, 3.8) is 0 Å². The molecular formula is C14H9NO4S2. The van der Waals surface area contributed by atoms with E-state index in [9.17, 15) is 20.1 Å². The number of hydrogen-bond acceptors (Lipinski definition) is 7. The molecule has 1 aromatic rings. The second-order valence-electron chi connectivity index (χ2n) is 4.27. The Morgan fingerprint density at radius 1 is 1.05 bits per heavy atom. The van der Waals surface area contributed by atoms with Crippen LogP contribution in [0, 0.1) is 0 Å². The Hall–Kier alpha value is -2.12. The van der Waals surface area contributed by atoms with Crippen LogP contribution in [-0.2, 0) is 4.79 Å². The van der Waals surface area contributed by atoms with Crippen molar-refractivity contribution in [2.75, 3.05) is 0 Å². The minimum Gasteiger partial charge on any atom is -0.508 e. The molecule has 7 heteroatoms. The lowest BCUT2D eigenvalue weighted by Crippen LogP contribution is -2.00. The molecule has 0 spiro atoms. The first-order valence-electron chi connectivity index (χ1n) is 5.87. The molecule has 0 saturated carbocycles. The monoisotopic (exact) mass is 319 g/mol. The van der Waals surface area contributed by atoms with Crippen LogP contribution >= 0.6 is 21.6 Å². The fourth-order valence-electron chi connectivity index (χ4n) is 1.81. The number of carbonyl (C=O) groups excluding carboxylic acids is 1. The van der Waals surface area contributed by atoms with Gasteiger partial charge in [0.25, 0.3) is 0 Å². The number of carbonyl (C=O) groups is 1. The predicted octanol–water partition coefficient (Wildman–Crippen LogP) is 3.03. The van der Waals surface area contributed by atoms with Crippen molar-refractivity contribution >= 4 is 32.4 Å². The van der Waals surface area contributed by atoms with Gasteiger partial charge in [0, 0.05) is 23.3 Å². The highest BCUT2D eigenvalue weighted by atomic mass is 33.1. The first-order chi connectivity index (χ1) is 10.0. The van der Waals surface area contributed by atoms with Crippen LogP contribution in [0.4, 0.5) is 0 Å². The van der Waals surface area contributed by atoms with Crippen molar-refractivity contribution in [1.82, 2.24) is 0 Å². The van der Waals surface area contributed by atoms with Crippen LogP contribution in [0.3, 0.4) is 0 Å². The number of aromatic hydroxyl groups is 2. The van der Waals surface area contributed by atoms with Crippen molar-refractivity contribution < 1.29 is 20.1 Å². The summed E-state index contributed by atoms with van der Waals surface area (Å²) in [4.78, 5) is 15.5. The summed E-state index contributed by atoms with van der Waals surface area (Å²) in [6, 6.07) is 4.27. The molecule has 0 fully saturated rings. The molecule has 1 aromatic carbocycles. The van der Waals surface area contributed by atoms with E-state index in [-0.39, 0.29) is 23.0 Å². The molecule has 106 valence electrons. The maximum atomic E-state index is 11.1. The molecule has 0 amide bonds. The molecule has 0 radical (unpaired) electrons. The first kappa shape index (κ1) is 13.8. The highest BCUT2D eigenvalue weighted by Crippen LogP contribution is 2.46. The molecule has 0 saturated heterocycles. The zero-order valence-corrected chi connectivity index (χ0v) is 12.1. The van der Waals surface area contributed by atoms with Crippen LogP contribution in [0.5, 0.6) is 11.5 Å². The Labute approximate surface area is 127 Å². The van der Waals surface area contributed by atoms with Crippen LogP contribution in [0.1, 0.15) is 5.56 Å². The number of rotatable bonds is 1. The maximum absolute atomic E-state index is 11.1. The fourth-order valence-corrected chi connectivity index (χ4v) is 4.05. The van der Waals surface area contributed by atoms with Gasteiger partial charge >= 0.3 is 0 Å². The van der Waals surface area contributed by atoms with Crippen molar-refractivity contribution in [3.05, 3.63) is 58.4 Å². The molecule has 0 bridgehead atoms. The third kappa shape index (κ3) is 2.70. The van der Waals surface area contributed by atoms with E-state index < -0.39 is 0 Å². The Balaban J connectivity index is 2.00. The fraction of sp³-hybridized carbons (Fsp3) is 0. The van der Waals surface area contributed by atoms with Crippen LogP contribution in [0.15, 0.2) is 57.8 Å². The number of allylic oxidation sites excluding steroid dienone is 3. The molecule has 0 unspecified atom stereocenters. The summed E-state index contributed by atoms with van der Waals surface area (Å²) < 4.78 is 0. The molecule has 0 aromatic heterocycles. The number of benzene rings is 1. The number of aliphatic hydroxyl groups is 1. The van der Waals surface area contributed by atoms with E-state index >= 15 is 0 Å². The summed E-state index contributed by atoms with van der Waals surface area (Å²) >= 11 is 0. The molecule has 1 heterocycles. The quantitative estimate of drug-likeness (QED) is 0.689. The van der Waals surface area contributed by atoms with Gasteiger partial charge in [-0.3, -0.25) is 4.79 Å². The van der Waals surface area contributed by atoms with Gasteiger partial charge in [-0.05, 0) is 45.9 Å². The van der Waals surface area contributed by atoms with Crippen molar-refractivity contribution in [2.45, 2.75) is 0 Å². The van der Waals surface area contributed by atoms with E-state index in [0.29, 0.717) is 21.2 Å². The summed E-state index contributed by atoms with van der Waals surface area (Å²) in [7, 11) is 2.66. The number of aliphatic hydroxyl groups excluding tert-OH is 1. The number of nitrogens with zero attached hydrogens (tertiary/aromatic N) is 1. The molecular weight excluding hydrogens is 310 g/mol. The summed E-state index contributed by atoms with van der Waals surface area (Å²) in [5.74, 6) is -0.485. The lowest BCUT2D eigenvalue weighted by Gasteiger charge is -2.06. The number of phenols is 2. The SMILES string of the molecule is O=C1C=C/C(=C2/N=C(c3ccc(O)cc3O)SS2)C(O)=C1. The van der Waals surface area contributed by atoms with E-state index in [0.717, 1.165) is 6.08 Å². The van der Waals surface area contributed by atoms with E-state index in [4.69, 9.17) is 0 Å². The summed E-state index contributed by atoms with van der Waals surface area (Å²) in [5, 5.41) is 30.1. The van der Waals surface area contributed by atoms with Gasteiger partial charge < -0.3 is 15.3 Å². The Bertz CT molecular complexity index is 762. The summed E-state index contributed by atoms with van der Waals surface area (Å²) in [6.45, 7) is 0. The minimum atomic E-state index is -0.270. The molecule has 21 heavy (non-hydrogen) atoms. The van der Waals surface area contributed by atoms with E-state index in [1.54, 1.807) is 6.07 Å². The highest BCUT2D eigenvalue weighted by Gasteiger charge is 2.23. The Kier molecular flexibility index (Phi) is 3.52. The topological polar surface area (TPSA) is 90.1 Å². The standard InChI is InChI=1S/C14H9NO4S2/c16-7-1-3-9(11(18)5-7)13-15-14(21-20-13)10-4-2-8(17)6-12(10)19/h1-6,16,18-19H/b14-10+. The van der Waals surface area contributed by atoms with Crippen LogP contribution < -0.4 is 0 Å². The van der Waals surface area contributed by atoms with Gasteiger partial charge in [-0.2, -0.15) is 0 Å². The zero-order valence-electron chi connectivity index (χ0n) is 10.5. The highest BCUT2D eigenvalue weighted by molar-refractivity contribution is 8.84. The van der Waals surface area contributed by atoms with Gasteiger partial charge in [-0.15, -0.1) is 0 Å². The molecule has 1 aliphatic carbocycles. The van der Waals surface area contributed by atoms with Gasteiger partial charge in [0.15, 0.2) is 5.78 Å². The van der Waals surface area contributed by atoms with Gasteiger partial charge in [0.05, 0.1) is 0 Å². The molecule has 3 rings (SSSR count). The molecule has 2 aliphatic rings. The molecule has 1 aliphatic heterocycles. The maximum Gasteiger partial charge on any atom is 0.182 e. The van der Waals surface area contributed by atoms with Gasteiger partial charge in [0.2, 0.25) is 0 Å². The average molecular weight is 319 g/mol. The largest absolute Gasteiger partial charge is 0.508 e. The molecule has 5 nitrogen and oxygen atoms in total. The normalized spacial score (nSPS) is 21.4. The third-order valence-corrected chi connectivity index (χ3v) is 5.03. The number of ketones is 1. The van der Waals surface area contributed by atoms with Crippen molar-refractivity contribution in [2.24, 2.45) is 4.99 Å². The van der Waals surface area contributed by atoms with E-state index in [1.165, 1.54) is 45.9 Å². The third-order valence-electron chi connectivity index (χ3n) is 2.81. The number of hydrogen-bond donors (Lipinski definition) is 3. The van der Waals surface area contributed by atoms with Gasteiger partial charge in [0.1, 0.15) is 27.3 Å². The van der Waals surface area contributed by atoms with Crippen LogP contribution in [-0.4, -0.2) is 26.1 Å². The Morgan fingerprint density at radius 3 is 2.57 bits per heavy atom.